The van der Waals surface area contributed by atoms with Crippen molar-refractivity contribution >= 4 is 17.3 Å². The van der Waals surface area contributed by atoms with E-state index in [4.69, 9.17) is 9.47 Å². The van der Waals surface area contributed by atoms with Crippen LogP contribution in [0, 0.1) is 5.82 Å². The Hall–Kier alpha value is -3.55. The summed E-state index contributed by atoms with van der Waals surface area (Å²) in [7, 11) is 3.14. The highest BCUT2D eigenvalue weighted by Crippen LogP contribution is 2.31. The summed E-state index contributed by atoms with van der Waals surface area (Å²) in [5.74, 6) is 0.820. The van der Waals surface area contributed by atoms with Gasteiger partial charge < -0.3 is 19.7 Å². The number of hydrogen-bond donors (Lipinski definition) is 1. The summed E-state index contributed by atoms with van der Waals surface area (Å²) in [6.07, 6.45) is 3.88. The minimum Gasteiger partial charge on any atom is -0.497 e. The molecule has 0 saturated carbocycles. The van der Waals surface area contributed by atoms with Crippen LogP contribution in [0.2, 0.25) is 0 Å². The third kappa shape index (κ3) is 3.73. The van der Waals surface area contributed by atoms with Crippen LogP contribution in [0.15, 0.2) is 54.9 Å². The van der Waals surface area contributed by atoms with Gasteiger partial charge in [0.25, 0.3) is 0 Å². The van der Waals surface area contributed by atoms with E-state index in [-0.39, 0.29) is 11.7 Å². The molecule has 1 atom stereocenters. The number of anilines is 2. The number of nitrogens with one attached hydrogen (secondary N) is 1. The molecule has 8 heteroatoms. The van der Waals surface area contributed by atoms with Gasteiger partial charge in [0, 0.05) is 24.7 Å². The zero-order chi connectivity index (χ0) is 20.4. The van der Waals surface area contributed by atoms with E-state index in [1.807, 2.05) is 0 Å². The van der Waals surface area contributed by atoms with Crippen LogP contribution in [0.4, 0.5) is 15.8 Å². The van der Waals surface area contributed by atoms with Gasteiger partial charge in [-0.1, -0.05) is 12.1 Å². The molecule has 0 radical (unpaired) electrons. The Morgan fingerprint density at radius 2 is 1.86 bits per heavy atom. The van der Waals surface area contributed by atoms with E-state index in [0.29, 0.717) is 35.8 Å². The number of para-hydroxylation sites is 1. The fourth-order valence-corrected chi connectivity index (χ4v) is 3.39. The summed E-state index contributed by atoms with van der Waals surface area (Å²) in [5, 5.41) is 7.39. The number of methoxy groups -OCH3 is 2. The topological polar surface area (TPSA) is 68.6 Å². The number of rotatable bonds is 6. The Morgan fingerprint density at radius 1 is 1.14 bits per heavy atom. The first-order chi connectivity index (χ1) is 14.1. The number of aromatic nitrogens is 2. The minimum atomic E-state index is -0.398. The van der Waals surface area contributed by atoms with Crippen LogP contribution in [0.5, 0.6) is 11.5 Å². The Kier molecular flexibility index (Phi) is 5.07. The van der Waals surface area contributed by atoms with Gasteiger partial charge in [-0.15, -0.1) is 0 Å². The second-order valence-corrected chi connectivity index (χ2v) is 6.67. The van der Waals surface area contributed by atoms with Gasteiger partial charge in [-0.05, 0) is 18.6 Å². The molecule has 1 amide bonds. The molecular formula is C21H21FN4O3. The summed E-state index contributed by atoms with van der Waals surface area (Å²) < 4.78 is 26.0. The third-order valence-corrected chi connectivity index (χ3v) is 4.88. The van der Waals surface area contributed by atoms with Crippen LogP contribution in [-0.2, 0) is 4.79 Å². The van der Waals surface area contributed by atoms with Crippen LogP contribution in [0.25, 0.3) is 5.69 Å². The number of amides is 1. The maximum atomic E-state index is 14.0. The molecule has 1 unspecified atom stereocenters. The molecule has 4 rings (SSSR count). The van der Waals surface area contributed by atoms with Gasteiger partial charge >= 0.3 is 0 Å². The van der Waals surface area contributed by atoms with E-state index in [0.717, 1.165) is 5.69 Å². The summed E-state index contributed by atoms with van der Waals surface area (Å²) >= 11 is 0. The van der Waals surface area contributed by atoms with E-state index in [1.165, 1.54) is 10.7 Å². The summed E-state index contributed by atoms with van der Waals surface area (Å²) in [6, 6.07) is 11.4. The Labute approximate surface area is 167 Å². The Bertz CT molecular complexity index is 1010. The van der Waals surface area contributed by atoms with Crippen molar-refractivity contribution in [3.63, 3.8) is 0 Å². The maximum Gasteiger partial charge on any atom is 0.249 e. The van der Waals surface area contributed by atoms with Crippen LogP contribution in [0.3, 0.4) is 0 Å². The quantitative estimate of drug-likeness (QED) is 0.693. The number of benzene rings is 2. The molecule has 1 fully saturated rings. The first-order valence-electron chi connectivity index (χ1n) is 9.19. The highest BCUT2D eigenvalue weighted by Gasteiger charge is 2.33. The highest BCUT2D eigenvalue weighted by molar-refractivity contribution is 6.01. The first-order valence-corrected chi connectivity index (χ1v) is 9.19. The molecule has 1 aliphatic rings. The molecule has 1 aromatic heterocycles. The van der Waals surface area contributed by atoms with Gasteiger partial charge in [0.15, 0.2) is 0 Å². The molecule has 1 saturated heterocycles. The lowest BCUT2D eigenvalue weighted by Gasteiger charge is -2.19. The monoisotopic (exact) mass is 396 g/mol. The van der Waals surface area contributed by atoms with Gasteiger partial charge in [-0.2, -0.15) is 5.10 Å². The van der Waals surface area contributed by atoms with Crippen LogP contribution in [0.1, 0.15) is 6.42 Å². The molecule has 2 aromatic carbocycles. The molecule has 1 N–H and O–H groups in total. The van der Waals surface area contributed by atoms with Crippen molar-refractivity contribution in [2.75, 3.05) is 31.0 Å². The molecule has 29 heavy (non-hydrogen) atoms. The molecule has 0 bridgehead atoms. The molecule has 150 valence electrons. The predicted octanol–water partition coefficient (Wildman–Crippen LogP) is 3.25. The number of nitrogens with zero attached hydrogens (tertiary/aromatic N) is 3. The van der Waals surface area contributed by atoms with Gasteiger partial charge in [0.1, 0.15) is 29.0 Å². The number of carbonyl (C=O) groups excluding carboxylic acids is 1. The number of carbonyl (C=O) groups is 1. The maximum absolute atomic E-state index is 14.0. The van der Waals surface area contributed by atoms with E-state index in [1.54, 1.807) is 67.9 Å². The average molecular weight is 396 g/mol. The first kappa shape index (κ1) is 18.8. The van der Waals surface area contributed by atoms with Crippen molar-refractivity contribution in [3.8, 4) is 17.2 Å². The zero-order valence-electron chi connectivity index (χ0n) is 16.1. The second kappa shape index (κ2) is 7.83. The number of halogens is 1. The van der Waals surface area contributed by atoms with Crippen molar-refractivity contribution in [1.82, 2.24) is 9.78 Å². The van der Waals surface area contributed by atoms with Gasteiger partial charge in [-0.3, -0.25) is 4.79 Å². The lowest BCUT2D eigenvalue weighted by Crippen LogP contribution is -2.33. The zero-order valence-corrected chi connectivity index (χ0v) is 16.1. The lowest BCUT2D eigenvalue weighted by atomic mass is 10.2. The molecular weight excluding hydrogens is 375 g/mol. The van der Waals surface area contributed by atoms with E-state index in [9.17, 15) is 9.18 Å². The van der Waals surface area contributed by atoms with Gasteiger partial charge in [-0.25, -0.2) is 9.07 Å². The predicted molar refractivity (Wildman–Crippen MR) is 107 cm³/mol. The lowest BCUT2D eigenvalue weighted by molar-refractivity contribution is -0.117. The Balaban J connectivity index is 1.50. The molecule has 7 nitrogen and oxygen atoms in total. The smallest absolute Gasteiger partial charge is 0.249 e. The third-order valence-electron chi connectivity index (χ3n) is 4.88. The van der Waals surface area contributed by atoms with Gasteiger partial charge in [0.05, 0.1) is 38.0 Å². The second-order valence-electron chi connectivity index (χ2n) is 6.67. The molecule has 2 heterocycles. The molecule has 1 aliphatic heterocycles. The van der Waals surface area contributed by atoms with Crippen LogP contribution in [-0.4, -0.2) is 42.5 Å². The van der Waals surface area contributed by atoms with E-state index in [2.05, 4.69) is 10.4 Å². The van der Waals surface area contributed by atoms with Crippen molar-refractivity contribution in [3.05, 3.63) is 60.7 Å². The number of ether oxygens (including phenoxy) is 2. The summed E-state index contributed by atoms with van der Waals surface area (Å²) in [4.78, 5) is 14.6. The number of hydrogen-bond acceptors (Lipinski definition) is 5. The fourth-order valence-electron chi connectivity index (χ4n) is 3.39. The van der Waals surface area contributed by atoms with E-state index < -0.39 is 6.04 Å². The van der Waals surface area contributed by atoms with Crippen molar-refractivity contribution < 1.29 is 18.7 Å². The Morgan fingerprint density at radius 3 is 2.55 bits per heavy atom. The molecule has 0 spiro atoms. The van der Waals surface area contributed by atoms with Crippen molar-refractivity contribution in [2.45, 2.75) is 12.5 Å². The minimum absolute atomic E-state index is 0.0565. The van der Waals surface area contributed by atoms with Crippen LogP contribution < -0.4 is 19.7 Å². The van der Waals surface area contributed by atoms with Crippen molar-refractivity contribution in [2.24, 2.45) is 0 Å². The molecule has 0 aliphatic carbocycles. The SMILES string of the molecule is COc1cc(OC)cc(N2CCC(Nc3cnn(-c4ccccc4F)c3)C2=O)c1. The normalized spacial score (nSPS) is 16.2. The van der Waals surface area contributed by atoms with Gasteiger partial charge in [0.2, 0.25) is 5.91 Å². The van der Waals surface area contributed by atoms with Crippen molar-refractivity contribution in [1.29, 1.82) is 0 Å². The summed E-state index contributed by atoms with van der Waals surface area (Å²) in [5.41, 5.74) is 1.72. The standard InChI is InChI=1S/C21H21FN4O3/c1-28-16-9-15(10-17(11-16)29-2)25-8-7-19(21(25)27)24-14-12-23-26(13-14)20-6-4-3-5-18(20)22/h3-6,9-13,19,24H,7-8H2,1-2H3. The van der Waals surface area contributed by atoms with Crippen LogP contribution >= 0.6 is 0 Å². The summed E-state index contributed by atoms with van der Waals surface area (Å²) in [6.45, 7) is 0.564. The highest BCUT2D eigenvalue weighted by atomic mass is 19.1. The largest absolute Gasteiger partial charge is 0.497 e. The van der Waals surface area contributed by atoms with E-state index >= 15 is 0 Å². The molecule has 3 aromatic rings. The fraction of sp³-hybridized carbons (Fsp3) is 0.238. The average Bonchev–Trinajstić information content (AvgIpc) is 3.35.